The van der Waals surface area contributed by atoms with Gasteiger partial charge in [-0.3, -0.25) is 38.9 Å². The van der Waals surface area contributed by atoms with Crippen LogP contribution in [-0.4, -0.2) is 156 Å². The quantitative estimate of drug-likeness (QED) is 0.0248. The number of carbonyl (C=O) groups is 7. The lowest BCUT2D eigenvalue weighted by molar-refractivity contribution is -0.143. The molecule has 444 valence electrons. The molecule has 2 fully saturated rings. The van der Waals surface area contributed by atoms with Crippen molar-refractivity contribution in [3.8, 4) is 33.8 Å². The number of benzene rings is 4. The number of unbranched alkanes of at least 4 members (excludes halogenated alkanes) is 2. The number of aliphatic hydroxyl groups is 1. The monoisotopic (exact) mass is 1130 g/mol. The van der Waals surface area contributed by atoms with E-state index in [1.54, 1.807) is 38.1 Å². The van der Waals surface area contributed by atoms with Crippen LogP contribution >= 0.6 is 0 Å². The Morgan fingerprint density at radius 3 is 1.90 bits per heavy atom. The van der Waals surface area contributed by atoms with Crippen molar-refractivity contribution in [3.63, 3.8) is 0 Å². The molecule has 20 heteroatoms. The van der Waals surface area contributed by atoms with Crippen LogP contribution in [0.2, 0.25) is 0 Å². The lowest BCUT2D eigenvalue weighted by atomic mass is 9.99. The van der Waals surface area contributed by atoms with Gasteiger partial charge in [-0.2, -0.15) is 0 Å². The van der Waals surface area contributed by atoms with Crippen LogP contribution in [0.15, 0.2) is 97.1 Å². The van der Waals surface area contributed by atoms with E-state index in [1.165, 1.54) is 28.9 Å². The first-order chi connectivity index (χ1) is 39.5. The molecule has 6 unspecified atom stereocenters. The zero-order valence-electron chi connectivity index (χ0n) is 48.1. The van der Waals surface area contributed by atoms with Gasteiger partial charge in [0.2, 0.25) is 35.4 Å². The van der Waals surface area contributed by atoms with Gasteiger partial charge >= 0.3 is 0 Å². The zero-order valence-corrected chi connectivity index (χ0v) is 48.1. The number of rotatable bonds is 31. The highest BCUT2D eigenvalue weighted by Crippen LogP contribution is 2.28. The normalized spacial score (nSPS) is 17.7. The molecule has 2 aliphatic heterocycles. The van der Waals surface area contributed by atoms with Gasteiger partial charge in [0.15, 0.2) is 0 Å². The lowest BCUT2D eigenvalue weighted by Gasteiger charge is -2.32. The fourth-order valence-corrected chi connectivity index (χ4v) is 10.2. The molecule has 0 aromatic heterocycles. The van der Waals surface area contributed by atoms with E-state index in [0.717, 1.165) is 52.8 Å². The average molecular weight is 1130 g/mol. The number of carbonyl (C=O) groups excluding carboxylic acids is 7. The smallest absolute Gasteiger partial charge is 0.251 e. The van der Waals surface area contributed by atoms with E-state index in [0.29, 0.717) is 64.2 Å². The Morgan fingerprint density at radius 2 is 1.29 bits per heavy atom. The first-order valence-electron chi connectivity index (χ1n) is 29.0. The SMILES string of the molecule is CCCCCOc1ccc(-c2ccc(-c3ccc(C(=O)NCC(=O)NC(CC)C(=O)N4CCCC4C(=O)NC(CCc4ccc(O)cc4)C(=O)NC(CC)C(=O)N4C[C@H](C)CC4C(=O)NC(NCCOCCN)[C@@H](C)O)cc3)cc2)cc1. The summed E-state index contributed by atoms with van der Waals surface area (Å²) in [7, 11) is 0. The van der Waals surface area contributed by atoms with Crippen LogP contribution in [-0.2, 0) is 39.9 Å². The molecule has 0 saturated carbocycles. The molecule has 4 aromatic carbocycles. The maximum absolute atomic E-state index is 14.3. The largest absolute Gasteiger partial charge is 0.508 e. The Bertz CT molecular complexity index is 2710. The number of nitrogens with zero attached hydrogens (tertiary/aromatic N) is 2. The predicted octanol–water partition coefficient (Wildman–Crippen LogP) is 4.55. The summed E-state index contributed by atoms with van der Waals surface area (Å²) in [6, 6.07) is 24.5. The summed E-state index contributed by atoms with van der Waals surface area (Å²) in [5, 5.41) is 37.3. The number of amides is 7. The molecule has 2 heterocycles. The molecule has 10 N–H and O–H groups in total. The first kappa shape index (κ1) is 63.8. The molecule has 4 aromatic rings. The summed E-state index contributed by atoms with van der Waals surface area (Å²) < 4.78 is 11.3. The van der Waals surface area contributed by atoms with Crippen molar-refractivity contribution in [2.24, 2.45) is 11.7 Å². The Balaban J connectivity index is 1.03. The molecule has 2 saturated heterocycles. The molecule has 0 radical (unpaired) electrons. The van der Waals surface area contributed by atoms with Gasteiger partial charge in [0, 0.05) is 31.7 Å². The van der Waals surface area contributed by atoms with Gasteiger partial charge in [0.25, 0.3) is 5.91 Å². The maximum Gasteiger partial charge on any atom is 0.251 e. The van der Waals surface area contributed by atoms with Gasteiger partial charge in [-0.1, -0.05) is 101 Å². The van der Waals surface area contributed by atoms with Crippen LogP contribution in [0.5, 0.6) is 11.5 Å². The molecule has 82 heavy (non-hydrogen) atoms. The Labute approximate surface area is 482 Å². The number of nitrogens with one attached hydrogen (secondary N) is 6. The second kappa shape index (κ2) is 32.3. The molecule has 2 aliphatic rings. The van der Waals surface area contributed by atoms with Crippen LogP contribution in [0.4, 0.5) is 0 Å². The maximum atomic E-state index is 14.3. The summed E-state index contributed by atoms with van der Waals surface area (Å²) in [4.78, 5) is 100. The standard InChI is InChI=1S/C62H85N9O11/c1-6-9-10-34-82-49-28-24-46(25-29-49)44-18-16-43(17-19-44)45-20-22-47(23-21-45)57(75)65-38-55(74)66-50(7-2)61(79)70-33-11-12-53(70)59(77)68-52(30-15-42-13-26-48(73)27-14-42)58(76)67-51(8-3)62(80)71-39-40(4)37-54(71)60(78)69-56(41(5)72)64-32-36-81-35-31-63/h13-14,16-29,40-41,50-54,56,64,72-73H,6-12,15,30-39,63H2,1-5H3,(H,65,75)(H,66,74)(H,67,76)(H,68,77)(H,69,78)/t40-,41-,50?,51?,52?,53?,54?,56?/m1/s1. The number of likely N-dealkylation sites (tertiary alicyclic amines) is 2. The highest BCUT2D eigenvalue weighted by Gasteiger charge is 2.42. The Morgan fingerprint density at radius 1 is 0.695 bits per heavy atom. The van der Waals surface area contributed by atoms with Crippen molar-refractivity contribution in [2.75, 3.05) is 52.5 Å². The van der Waals surface area contributed by atoms with Gasteiger partial charge in [-0.25, -0.2) is 0 Å². The van der Waals surface area contributed by atoms with E-state index in [1.807, 2.05) is 67.6 Å². The number of hydrogen-bond acceptors (Lipinski definition) is 13. The van der Waals surface area contributed by atoms with Crippen molar-refractivity contribution < 1.29 is 53.2 Å². The fourth-order valence-electron chi connectivity index (χ4n) is 10.2. The van der Waals surface area contributed by atoms with Gasteiger partial charge in [-0.15, -0.1) is 0 Å². The van der Waals surface area contributed by atoms with Crippen molar-refractivity contribution in [2.45, 2.75) is 141 Å². The molecule has 8 atom stereocenters. The van der Waals surface area contributed by atoms with Crippen LogP contribution in [0.1, 0.15) is 108 Å². The molecular weight excluding hydrogens is 1050 g/mol. The first-order valence-corrected chi connectivity index (χ1v) is 29.0. The van der Waals surface area contributed by atoms with E-state index in [4.69, 9.17) is 15.2 Å². The Hall–Kier alpha value is -7.39. The van der Waals surface area contributed by atoms with Crippen LogP contribution < -0.4 is 42.4 Å². The number of hydrogen-bond donors (Lipinski definition) is 9. The van der Waals surface area contributed by atoms with E-state index in [-0.39, 0.29) is 44.0 Å². The lowest BCUT2D eigenvalue weighted by Crippen LogP contribution is -2.60. The van der Waals surface area contributed by atoms with E-state index in [9.17, 15) is 43.8 Å². The average Bonchev–Trinajstić information content (AvgIpc) is 4.26. The highest BCUT2D eigenvalue weighted by atomic mass is 16.5. The molecule has 0 aliphatic carbocycles. The van der Waals surface area contributed by atoms with Crippen LogP contribution in [0.3, 0.4) is 0 Å². The highest BCUT2D eigenvalue weighted by molar-refractivity contribution is 5.99. The third kappa shape index (κ3) is 18.6. The molecule has 20 nitrogen and oxygen atoms in total. The molecule has 0 spiro atoms. The minimum absolute atomic E-state index is 0.0476. The van der Waals surface area contributed by atoms with Crippen molar-refractivity contribution >= 4 is 41.4 Å². The summed E-state index contributed by atoms with van der Waals surface area (Å²) >= 11 is 0. The topological polar surface area (TPSA) is 283 Å². The van der Waals surface area contributed by atoms with Gasteiger partial charge < -0.3 is 61.8 Å². The third-order valence-electron chi connectivity index (χ3n) is 14.9. The van der Waals surface area contributed by atoms with Crippen molar-refractivity contribution in [1.29, 1.82) is 0 Å². The number of aryl methyl sites for hydroxylation is 1. The number of aliphatic hydroxyl groups excluding tert-OH is 1. The second-order valence-electron chi connectivity index (χ2n) is 21.3. The fraction of sp³-hybridized carbons (Fsp3) is 0.500. The van der Waals surface area contributed by atoms with E-state index < -0.39 is 90.4 Å². The summed E-state index contributed by atoms with van der Waals surface area (Å²) in [5.41, 5.74) is 10.6. The van der Waals surface area contributed by atoms with Gasteiger partial charge in [0.1, 0.15) is 47.9 Å². The number of aromatic hydroxyl groups is 1. The molecule has 7 amide bonds. The van der Waals surface area contributed by atoms with Crippen LogP contribution in [0.25, 0.3) is 22.3 Å². The van der Waals surface area contributed by atoms with Crippen LogP contribution in [0, 0.1) is 5.92 Å². The summed E-state index contributed by atoms with van der Waals surface area (Å²) in [6.07, 6.45) is 3.39. The minimum atomic E-state index is -1.17. The summed E-state index contributed by atoms with van der Waals surface area (Å²) in [5.74, 6) is -2.87. The van der Waals surface area contributed by atoms with Crippen molar-refractivity contribution in [1.82, 2.24) is 41.7 Å². The van der Waals surface area contributed by atoms with Crippen molar-refractivity contribution in [3.05, 3.63) is 108 Å². The minimum Gasteiger partial charge on any atom is -0.508 e. The van der Waals surface area contributed by atoms with E-state index in [2.05, 4.69) is 38.8 Å². The Kier molecular flexibility index (Phi) is 25.1. The summed E-state index contributed by atoms with van der Waals surface area (Å²) in [6.45, 7) is 11.2. The second-order valence-corrected chi connectivity index (χ2v) is 21.3. The molecule has 6 rings (SSSR count). The zero-order chi connectivity index (χ0) is 59.1. The van der Waals surface area contributed by atoms with Gasteiger partial charge in [0.05, 0.1) is 32.5 Å². The van der Waals surface area contributed by atoms with E-state index >= 15 is 0 Å². The molecular formula is C62H85N9O11. The number of phenolic OH excluding ortho intramolecular Hbond substituents is 1. The molecule has 0 bridgehead atoms. The van der Waals surface area contributed by atoms with Gasteiger partial charge in [-0.05, 0) is 128 Å². The number of nitrogens with two attached hydrogens (primary N) is 1. The third-order valence-corrected chi connectivity index (χ3v) is 14.9. The predicted molar refractivity (Wildman–Crippen MR) is 313 cm³/mol. The number of ether oxygens (including phenoxy) is 2. The number of phenols is 1.